The fourth-order valence-electron chi connectivity index (χ4n) is 3.04. The molecule has 2 aromatic carbocycles. The number of nitrogens with zero attached hydrogens (tertiary/aromatic N) is 1. The van der Waals surface area contributed by atoms with Gasteiger partial charge in [-0.3, -0.25) is 4.79 Å². The Kier molecular flexibility index (Phi) is 4.66. The summed E-state index contributed by atoms with van der Waals surface area (Å²) in [5.41, 5.74) is 1.46. The summed E-state index contributed by atoms with van der Waals surface area (Å²) in [4.78, 5) is 14.1. The highest BCUT2D eigenvalue weighted by Crippen LogP contribution is 2.41. The van der Waals surface area contributed by atoms with Gasteiger partial charge in [0.05, 0.1) is 0 Å². The van der Waals surface area contributed by atoms with Gasteiger partial charge in [-0.05, 0) is 51.1 Å². The van der Waals surface area contributed by atoms with Crippen molar-refractivity contribution in [2.24, 2.45) is 0 Å². The molecule has 2 aromatic rings. The van der Waals surface area contributed by atoms with Gasteiger partial charge in [-0.2, -0.15) is 0 Å². The topological polar surface area (TPSA) is 38.8 Å². The lowest BCUT2D eigenvalue weighted by Crippen LogP contribution is -2.34. The van der Waals surface area contributed by atoms with Crippen LogP contribution in [0, 0.1) is 5.82 Å². The molecule has 0 N–H and O–H groups in total. The van der Waals surface area contributed by atoms with Crippen LogP contribution in [0.3, 0.4) is 0 Å². The summed E-state index contributed by atoms with van der Waals surface area (Å²) in [7, 11) is 0. The Balaban J connectivity index is 1.71. The summed E-state index contributed by atoms with van der Waals surface area (Å²) in [6.07, 6.45) is 0.810. The van der Waals surface area contributed by atoms with Crippen molar-refractivity contribution in [3.8, 4) is 11.5 Å². The van der Waals surface area contributed by atoms with E-state index < -0.39 is 0 Å². The number of halogens is 1. The molecule has 0 saturated carbocycles. The molecule has 0 aromatic heterocycles. The molecule has 1 aliphatic rings. The molecule has 132 valence electrons. The molecule has 0 atom stereocenters. The van der Waals surface area contributed by atoms with E-state index in [1.54, 1.807) is 17.0 Å². The SMILES string of the molecule is CCN(C(=O)COc1cccc2c1OC(C)(C)C2)c1ccc(F)cc1. The fourth-order valence-corrected chi connectivity index (χ4v) is 3.04. The highest BCUT2D eigenvalue weighted by Gasteiger charge is 2.32. The quantitative estimate of drug-likeness (QED) is 0.824. The van der Waals surface area contributed by atoms with Crippen molar-refractivity contribution in [3.05, 3.63) is 53.8 Å². The Morgan fingerprint density at radius 2 is 1.96 bits per heavy atom. The number of benzene rings is 2. The van der Waals surface area contributed by atoms with Gasteiger partial charge in [-0.1, -0.05) is 12.1 Å². The third kappa shape index (κ3) is 3.76. The molecule has 0 bridgehead atoms. The summed E-state index contributed by atoms with van der Waals surface area (Å²) in [5, 5.41) is 0. The van der Waals surface area contributed by atoms with Crippen molar-refractivity contribution in [2.75, 3.05) is 18.1 Å². The van der Waals surface area contributed by atoms with Crippen LogP contribution in [0.5, 0.6) is 11.5 Å². The number of ether oxygens (including phenoxy) is 2. The minimum Gasteiger partial charge on any atom is -0.483 e. The van der Waals surface area contributed by atoms with E-state index in [1.807, 2.05) is 39.0 Å². The lowest BCUT2D eigenvalue weighted by atomic mass is 10.0. The maximum Gasteiger partial charge on any atom is 0.264 e. The minimum absolute atomic E-state index is 0.106. The second kappa shape index (κ2) is 6.75. The normalized spacial score (nSPS) is 14.6. The molecule has 1 heterocycles. The zero-order valence-corrected chi connectivity index (χ0v) is 14.7. The number of anilines is 1. The van der Waals surface area contributed by atoms with Gasteiger partial charge in [-0.25, -0.2) is 4.39 Å². The standard InChI is InChI=1S/C20H22FNO3/c1-4-22(16-10-8-15(21)9-11-16)18(23)13-24-17-7-5-6-14-12-20(2,3)25-19(14)17/h5-11H,4,12-13H2,1-3H3. The maximum atomic E-state index is 13.1. The van der Waals surface area contributed by atoms with Crippen molar-refractivity contribution in [1.29, 1.82) is 0 Å². The molecular formula is C20H22FNO3. The summed E-state index contributed by atoms with van der Waals surface area (Å²) >= 11 is 0. The Labute approximate surface area is 147 Å². The monoisotopic (exact) mass is 343 g/mol. The van der Waals surface area contributed by atoms with E-state index in [0.717, 1.165) is 12.0 Å². The first-order chi connectivity index (χ1) is 11.9. The maximum absolute atomic E-state index is 13.1. The number of carbonyl (C=O) groups is 1. The van der Waals surface area contributed by atoms with E-state index in [9.17, 15) is 9.18 Å². The van der Waals surface area contributed by atoms with Crippen LogP contribution in [0.4, 0.5) is 10.1 Å². The molecule has 1 amide bonds. The molecule has 0 aliphatic carbocycles. The van der Waals surface area contributed by atoms with Crippen LogP contribution in [-0.2, 0) is 11.2 Å². The number of para-hydroxylation sites is 1. The average molecular weight is 343 g/mol. The van der Waals surface area contributed by atoms with Gasteiger partial charge >= 0.3 is 0 Å². The van der Waals surface area contributed by atoms with Crippen molar-refractivity contribution in [2.45, 2.75) is 32.8 Å². The van der Waals surface area contributed by atoms with Crippen LogP contribution < -0.4 is 14.4 Å². The van der Waals surface area contributed by atoms with Crippen LogP contribution in [0.15, 0.2) is 42.5 Å². The fraction of sp³-hybridized carbons (Fsp3) is 0.350. The van der Waals surface area contributed by atoms with E-state index >= 15 is 0 Å². The average Bonchev–Trinajstić information content (AvgIpc) is 2.89. The number of likely N-dealkylation sites (N-methyl/N-ethyl adjacent to an activating group) is 1. The zero-order chi connectivity index (χ0) is 18.0. The third-order valence-electron chi connectivity index (χ3n) is 4.16. The van der Waals surface area contributed by atoms with Gasteiger partial charge in [0.1, 0.15) is 11.4 Å². The van der Waals surface area contributed by atoms with Crippen molar-refractivity contribution >= 4 is 11.6 Å². The lowest BCUT2D eigenvalue weighted by molar-refractivity contribution is -0.120. The first kappa shape index (κ1) is 17.3. The number of fused-ring (bicyclic) bond motifs is 1. The van der Waals surface area contributed by atoms with Gasteiger partial charge in [0, 0.05) is 24.2 Å². The number of amides is 1. The van der Waals surface area contributed by atoms with Crippen molar-refractivity contribution < 1.29 is 18.7 Å². The van der Waals surface area contributed by atoms with Crippen LogP contribution in [0.2, 0.25) is 0 Å². The largest absolute Gasteiger partial charge is 0.483 e. The molecule has 0 spiro atoms. The van der Waals surface area contributed by atoms with Crippen molar-refractivity contribution in [3.63, 3.8) is 0 Å². The van der Waals surface area contributed by atoms with Crippen LogP contribution in [-0.4, -0.2) is 24.7 Å². The zero-order valence-electron chi connectivity index (χ0n) is 14.7. The molecule has 0 saturated heterocycles. The Morgan fingerprint density at radius 1 is 1.24 bits per heavy atom. The van der Waals surface area contributed by atoms with Gasteiger partial charge < -0.3 is 14.4 Å². The first-order valence-corrected chi connectivity index (χ1v) is 8.39. The van der Waals surface area contributed by atoms with Crippen LogP contribution in [0.1, 0.15) is 26.3 Å². The lowest BCUT2D eigenvalue weighted by Gasteiger charge is -2.22. The van der Waals surface area contributed by atoms with E-state index in [1.165, 1.54) is 12.1 Å². The summed E-state index contributed by atoms with van der Waals surface area (Å²) in [6, 6.07) is 11.6. The predicted molar refractivity (Wildman–Crippen MR) is 94.8 cm³/mol. The van der Waals surface area contributed by atoms with E-state index in [-0.39, 0.29) is 23.9 Å². The molecule has 3 rings (SSSR count). The van der Waals surface area contributed by atoms with E-state index in [2.05, 4.69) is 0 Å². The molecule has 0 fully saturated rings. The molecule has 1 aliphatic heterocycles. The Morgan fingerprint density at radius 3 is 2.64 bits per heavy atom. The number of hydrogen-bond donors (Lipinski definition) is 0. The summed E-state index contributed by atoms with van der Waals surface area (Å²) in [5.74, 6) is 0.767. The second-order valence-corrected chi connectivity index (χ2v) is 6.69. The smallest absolute Gasteiger partial charge is 0.264 e. The van der Waals surface area contributed by atoms with E-state index in [4.69, 9.17) is 9.47 Å². The number of hydrogen-bond acceptors (Lipinski definition) is 3. The Hall–Kier alpha value is -2.56. The van der Waals surface area contributed by atoms with Crippen LogP contribution >= 0.6 is 0 Å². The van der Waals surface area contributed by atoms with E-state index in [0.29, 0.717) is 23.7 Å². The van der Waals surface area contributed by atoms with Crippen molar-refractivity contribution in [1.82, 2.24) is 0 Å². The van der Waals surface area contributed by atoms with Crippen LogP contribution in [0.25, 0.3) is 0 Å². The van der Waals surface area contributed by atoms with Gasteiger partial charge in [0.2, 0.25) is 0 Å². The van der Waals surface area contributed by atoms with Gasteiger partial charge in [-0.15, -0.1) is 0 Å². The molecule has 25 heavy (non-hydrogen) atoms. The number of carbonyl (C=O) groups excluding carboxylic acids is 1. The molecule has 0 unspecified atom stereocenters. The summed E-state index contributed by atoms with van der Waals surface area (Å²) < 4.78 is 24.8. The third-order valence-corrected chi connectivity index (χ3v) is 4.16. The highest BCUT2D eigenvalue weighted by molar-refractivity contribution is 5.94. The predicted octanol–water partition coefficient (Wildman–Crippen LogP) is 3.97. The number of rotatable bonds is 5. The molecule has 0 radical (unpaired) electrons. The minimum atomic E-state index is -0.330. The Bertz CT molecular complexity index is 771. The molecular weight excluding hydrogens is 321 g/mol. The van der Waals surface area contributed by atoms with Gasteiger partial charge in [0.25, 0.3) is 5.91 Å². The highest BCUT2D eigenvalue weighted by atomic mass is 19.1. The second-order valence-electron chi connectivity index (χ2n) is 6.69. The molecule has 4 nitrogen and oxygen atoms in total. The van der Waals surface area contributed by atoms with Gasteiger partial charge in [0.15, 0.2) is 18.1 Å². The molecule has 5 heteroatoms. The first-order valence-electron chi connectivity index (χ1n) is 8.39. The summed E-state index contributed by atoms with van der Waals surface area (Å²) in [6.45, 7) is 6.29.